The molecular formula is C17H30N2O. The van der Waals surface area contributed by atoms with Gasteiger partial charge in [-0.15, -0.1) is 0 Å². The molecule has 1 aliphatic rings. The van der Waals surface area contributed by atoms with Gasteiger partial charge in [-0.2, -0.15) is 0 Å². The molecule has 0 spiro atoms. The second-order valence-corrected chi connectivity index (χ2v) is 5.91. The monoisotopic (exact) mass is 278 g/mol. The summed E-state index contributed by atoms with van der Waals surface area (Å²) in [4.78, 5) is 2.70. The Bertz CT molecular complexity index is 364. The molecule has 0 aliphatic carbocycles. The normalized spacial score (nSPS) is 18.6. The Morgan fingerprint density at radius 3 is 2.45 bits per heavy atom. The number of hydrogen-bond donors (Lipinski definition) is 1. The molecule has 0 radical (unpaired) electrons. The lowest BCUT2D eigenvalue weighted by molar-refractivity contribution is 0.0531. The fourth-order valence-electron chi connectivity index (χ4n) is 3.75. The highest BCUT2D eigenvalue weighted by Crippen LogP contribution is 2.39. The summed E-state index contributed by atoms with van der Waals surface area (Å²) in [5.74, 6) is 1.09. The molecule has 0 saturated carbocycles. The smallest absolute Gasteiger partial charge is 0.122 e. The van der Waals surface area contributed by atoms with Crippen LogP contribution in [0.1, 0.15) is 64.7 Å². The van der Waals surface area contributed by atoms with E-state index in [0.717, 1.165) is 31.6 Å². The summed E-state index contributed by atoms with van der Waals surface area (Å²) in [7, 11) is 0. The number of furan rings is 1. The fraction of sp³-hybridized carbons (Fsp3) is 0.765. The average Bonchev–Trinajstić information content (AvgIpc) is 3.16. The van der Waals surface area contributed by atoms with Gasteiger partial charge in [-0.25, -0.2) is 0 Å². The van der Waals surface area contributed by atoms with Crippen molar-refractivity contribution in [3.05, 3.63) is 24.2 Å². The Labute approximate surface area is 123 Å². The molecule has 114 valence electrons. The Hall–Kier alpha value is -0.800. The fourth-order valence-corrected chi connectivity index (χ4v) is 3.75. The zero-order chi connectivity index (χ0) is 14.4. The first-order valence-electron chi connectivity index (χ1n) is 8.30. The maximum Gasteiger partial charge on any atom is 0.122 e. The van der Waals surface area contributed by atoms with Gasteiger partial charge < -0.3 is 9.73 Å². The van der Waals surface area contributed by atoms with E-state index in [-0.39, 0.29) is 5.54 Å². The first-order valence-corrected chi connectivity index (χ1v) is 8.30. The van der Waals surface area contributed by atoms with Gasteiger partial charge in [0.2, 0.25) is 0 Å². The van der Waals surface area contributed by atoms with Crippen molar-refractivity contribution < 1.29 is 4.42 Å². The van der Waals surface area contributed by atoms with E-state index < -0.39 is 0 Å². The second kappa shape index (κ2) is 7.28. The predicted octanol–water partition coefficient (Wildman–Crippen LogP) is 3.97. The molecule has 3 heteroatoms. The van der Waals surface area contributed by atoms with Crippen LogP contribution in [0, 0.1) is 0 Å². The van der Waals surface area contributed by atoms with Crippen molar-refractivity contribution in [1.82, 2.24) is 10.2 Å². The molecule has 0 aromatic carbocycles. The minimum absolute atomic E-state index is 0.184. The van der Waals surface area contributed by atoms with Crippen LogP contribution < -0.4 is 5.32 Å². The molecule has 1 atom stereocenters. The van der Waals surface area contributed by atoms with Gasteiger partial charge in [-0.3, -0.25) is 4.90 Å². The van der Waals surface area contributed by atoms with E-state index in [0.29, 0.717) is 6.04 Å². The third-order valence-electron chi connectivity index (χ3n) is 4.92. The van der Waals surface area contributed by atoms with Crippen molar-refractivity contribution in [2.24, 2.45) is 0 Å². The lowest BCUT2D eigenvalue weighted by atomic mass is 9.81. The molecule has 1 unspecified atom stereocenters. The summed E-state index contributed by atoms with van der Waals surface area (Å²) in [6.45, 7) is 10.4. The zero-order valence-corrected chi connectivity index (χ0v) is 13.3. The Balaban J connectivity index is 2.30. The van der Waals surface area contributed by atoms with Crippen LogP contribution in [0.3, 0.4) is 0 Å². The van der Waals surface area contributed by atoms with Crippen LogP contribution in [0.15, 0.2) is 22.8 Å². The molecular weight excluding hydrogens is 248 g/mol. The van der Waals surface area contributed by atoms with Crippen LogP contribution in [0.4, 0.5) is 0 Å². The average molecular weight is 278 g/mol. The Kier molecular flexibility index (Phi) is 5.67. The summed E-state index contributed by atoms with van der Waals surface area (Å²) < 4.78 is 5.77. The van der Waals surface area contributed by atoms with Crippen LogP contribution in [0.5, 0.6) is 0 Å². The summed E-state index contributed by atoms with van der Waals surface area (Å²) in [6, 6.07) is 4.44. The highest BCUT2D eigenvalue weighted by Gasteiger charge is 2.43. The molecule has 20 heavy (non-hydrogen) atoms. The molecule has 1 aromatic rings. The molecule has 1 aliphatic heterocycles. The maximum absolute atomic E-state index is 5.77. The van der Waals surface area contributed by atoms with Crippen LogP contribution in [0.25, 0.3) is 0 Å². The third kappa shape index (κ3) is 2.94. The molecule has 0 bridgehead atoms. The molecule has 1 N–H and O–H groups in total. The molecule has 1 saturated heterocycles. The minimum atomic E-state index is 0.184. The van der Waals surface area contributed by atoms with Crippen molar-refractivity contribution in [3.63, 3.8) is 0 Å². The SMILES string of the molecule is CCCNC(c1ccco1)C(CC)(CC)N1CCCC1. The quantitative estimate of drug-likeness (QED) is 0.780. The largest absolute Gasteiger partial charge is 0.468 e. The van der Waals surface area contributed by atoms with Crippen molar-refractivity contribution >= 4 is 0 Å². The van der Waals surface area contributed by atoms with Gasteiger partial charge in [-0.05, 0) is 63.9 Å². The van der Waals surface area contributed by atoms with Gasteiger partial charge in [0.25, 0.3) is 0 Å². The predicted molar refractivity (Wildman–Crippen MR) is 83.9 cm³/mol. The van der Waals surface area contributed by atoms with Crippen LogP contribution >= 0.6 is 0 Å². The summed E-state index contributed by atoms with van der Waals surface area (Å²) in [6.07, 6.45) is 7.94. The molecule has 1 aromatic heterocycles. The first-order chi connectivity index (χ1) is 9.78. The highest BCUT2D eigenvalue weighted by molar-refractivity contribution is 5.14. The van der Waals surface area contributed by atoms with Gasteiger partial charge in [0.1, 0.15) is 5.76 Å². The van der Waals surface area contributed by atoms with E-state index in [4.69, 9.17) is 4.42 Å². The summed E-state index contributed by atoms with van der Waals surface area (Å²) >= 11 is 0. The van der Waals surface area contributed by atoms with Gasteiger partial charge in [0, 0.05) is 5.54 Å². The summed E-state index contributed by atoms with van der Waals surface area (Å²) in [5.41, 5.74) is 0.184. The third-order valence-corrected chi connectivity index (χ3v) is 4.92. The number of hydrogen-bond acceptors (Lipinski definition) is 3. The van der Waals surface area contributed by atoms with Gasteiger partial charge in [0.05, 0.1) is 12.3 Å². The van der Waals surface area contributed by atoms with Crippen LogP contribution in [0.2, 0.25) is 0 Å². The second-order valence-electron chi connectivity index (χ2n) is 5.91. The Morgan fingerprint density at radius 2 is 1.95 bits per heavy atom. The van der Waals surface area contributed by atoms with Crippen molar-refractivity contribution in [2.75, 3.05) is 19.6 Å². The van der Waals surface area contributed by atoms with E-state index in [9.17, 15) is 0 Å². The van der Waals surface area contributed by atoms with Gasteiger partial charge in [0.15, 0.2) is 0 Å². The lowest BCUT2D eigenvalue weighted by Gasteiger charge is -2.46. The van der Waals surface area contributed by atoms with Crippen LogP contribution in [-0.2, 0) is 0 Å². The molecule has 2 rings (SSSR count). The van der Waals surface area contributed by atoms with Crippen molar-refractivity contribution in [3.8, 4) is 0 Å². The summed E-state index contributed by atoms with van der Waals surface area (Å²) in [5, 5.41) is 3.76. The van der Waals surface area contributed by atoms with E-state index in [1.807, 2.05) is 6.07 Å². The zero-order valence-electron chi connectivity index (χ0n) is 13.3. The number of likely N-dealkylation sites (tertiary alicyclic amines) is 1. The minimum Gasteiger partial charge on any atom is -0.468 e. The number of rotatable bonds is 8. The standard InChI is InChI=1S/C17H30N2O/c1-4-11-18-16(15-10-9-14-20-15)17(5-2,6-3)19-12-7-8-13-19/h9-10,14,16,18H,4-8,11-13H2,1-3H3. The van der Waals surface area contributed by atoms with E-state index in [2.05, 4.69) is 37.1 Å². The van der Waals surface area contributed by atoms with Crippen molar-refractivity contribution in [2.45, 2.75) is 64.5 Å². The molecule has 0 amide bonds. The van der Waals surface area contributed by atoms with Crippen molar-refractivity contribution in [1.29, 1.82) is 0 Å². The molecule has 3 nitrogen and oxygen atoms in total. The maximum atomic E-state index is 5.77. The van der Waals surface area contributed by atoms with E-state index >= 15 is 0 Å². The number of nitrogens with zero attached hydrogens (tertiary/aromatic N) is 1. The first kappa shape index (κ1) is 15.6. The van der Waals surface area contributed by atoms with Gasteiger partial charge in [-0.1, -0.05) is 20.8 Å². The number of nitrogens with one attached hydrogen (secondary N) is 1. The lowest BCUT2D eigenvalue weighted by Crippen LogP contribution is -2.55. The molecule has 2 heterocycles. The van der Waals surface area contributed by atoms with Crippen LogP contribution in [-0.4, -0.2) is 30.1 Å². The van der Waals surface area contributed by atoms with E-state index in [1.165, 1.54) is 25.9 Å². The molecule has 1 fully saturated rings. The van der Waals surface area contributed by atoms with Gasteiger partial charge >= 0.3 is 0 Å². The highest BCUT2D eigenvalue weighted by atomic mass is 16.3. The topological polar surface area (TPSA) is 28.4 Å². The van der Waals surface area contributed by atoms with E-state index in [1.54, 1.807) is 6.26 Å². The Morgan fingerprint density at radius 1 is 1.25 bits per heavy atom.